The molecule has 0 aliphatic heterocycles. The molecule has 0 saturated heterocycles. The molecule has 0 bridgehead atoms. The van der Waals surface area contributed by atoms with E-state index < -0.39 is 4.92 Å². The van der Waals surface area contributed by atoms with Crippen LogP contribution in [0.25, 0.3) is 0 Å². The summed E-state index contributed by atoms with van der Waals surface area (Å²) in [4.78, 5) is 17.9. The van der Waals surface area contributed by atoms with Crippen molar-refractivity contribution in [1.82, 2.24) is 9.97 Å². The Kier molecular flexibility index (Phi) is 4.34. The molecule has 0 fully saturated rings. The first-order chi connectivity index (χ1) is 9.08. The van der Waals surface area contributed by atoms with Gasteiger partial charge >= 0.3 is 5.69 Å². The Labute approximate surface area is 119 Å². The van der Waals surface area contributed by atoms with E-state index in [4.69, 9.17) is 11.6 Å². The Balaban J connectivity index is 2.20. The van der Waals surface area contributed by atoms with Crippen LogP contribution in [0, 0.1) is 17.0 Å². The molecule has 0 amide bonds. The van der Waals surface area contributed by atoms with Crippen LogP contribution in [0.15, 0.2) is 35.6 Å². The monoisotopic (exact) mass is 295 g/mol. The number of nitrogens with zero attached hydrogens (tertiary/aromatic N) is 3. The molecule has 0 aliphatic rings. The molecule has 98 valence electrons. The van der Waals surface area contributed by atoms with Crippen molar-refractivity contribution in [2.24, 2.45) is 0 Å². The van der Waals surface area contributed by atoms with Crippen LogP contribution in [-0.4, -0.2) is 14.9 Å². The van der Waals surface area contributed by atoms with Gasteiger partial charge in [-0.15, -0.1) is 0 Å². The van der Waals surface area contributed by atoms with Crippen LogP contribution in [0.4, 0.5) is 5.69 Å². The highest BCUT2D eigenvalue weighted by molar-refractivity contribution is 7.98. The van der Waals surface area contributed by atoms with E-state index in [1.54, 1.807) is 0 Å². The molecule has 2 rings (SSSR count). The van der Waals surface area contributed by atoms with E-state index in [-0.39, 0.29) is 15.9 Å². The van der Waals surface area contributed by atoms with Gasteiger partial charge in [0.05, 0.1) is 4.92 Å². The van der Waals surface area contributed by atoms with Crippen LogP contribution in [0.5, 0.6) is 0 Å². The van der Waals surface area contributed by atoms with Gasteiger partial charge in [-0.3, -0.25) is 10.1 Å². The molecular formula is C12H10ClN3O2S. The van der Waals surface area contributed by atoms with E-state index in [0.29, 0.717) is 5.75 Å². The number of benzene rings is 1. The normalized spacial score (nSPS) is 10.4. The summed E-state index contributed by atoms with van der Waals surface area (Å²) in [5.74, 6) is 0.593. The minimum Gasteiger partial charge on any atom is -0.258 e. The van der Waals surface area contributed by atoms with Crippen molar-refractivity contribution in [3.63, 3.8) is 0 Å². The number of aromatic nitrogens is 2. The third-order valence-corrected chi connectivity index (χ3v) is 3.71. The quantitative estimate of drug-likeness (QED) is 0.373. The number of nitro groups is 1. The second-order valence-electron chi connectivity index (χ2n) is 3.85. The van der Waals surface area contributed by atoms with Crippen LogP contribution in [0.1, 0.15) is 11.1 Å². The van der Waals surface area contributed by atoms with E-state index in [0.717, 1.165) is 11.1 Å². The van der Waals surface area contributed by atoms with Crippen molar-refractivity contribution in [1.29, 1.82) is 0 Å². The van der Waals surface area contributed by atoms with Crippen molar-refractivity contribution in [3.05, 3.63) is 57.0 Å². The zero-order valence-electron chi connectivity index (χ0n) is 10.0. The smallest absolute Gasteiger partial charge is 0.258 e. The van der Waals surface area contributed by atoms with Crippen LogP contribution < -0.4 is 0 Å². The summed E-state index contributed by atoms with van der Waals surface area (Å²) in [5.41, 5.74) is 1.99. The molecule has 19 heavy (non-hydrogen) atoms. The van der Waals surface area contributed by atoms with Crippen LogP contribution in [0.3, 0.4) is 0 Å². The Bertz CT molecular complexity index is 622. The SMILES string of the molecule is Cc1cccc(CSc2ncnc(Cl)c2[N+](=O)[O-])c1. The second kappa shape index (κ2) is 5.99. The predicted octanol–water partition coefficient (Wildman–Crippen LogP) is 3.64. The molecule has 0 saturated carbocycles. The lowest BCUT2D eigenvalue weighted by atomic mass is 10.2. The minimum atomic E-state index is -0.555. The number of hydrogen-bond donors (Lipinski definition) is 0. The summed E-state index contributed by atoms with van der Waals surface area (Å²) >= 11 is 7.00. The van der Waals surface area contributed by atoms with Gasteiger partial charge in [-0.05, 0) is 12.5 Å². The maximum atomic E-state index is 10.9. The number of hydrogen-bond acceptors (Lipinski definition) is 5. The number of thioether (sulfide) groups is 1. The van der Waals surface area contributed by atoms with Crippen LogP contribution in [-0.2, 0) is 5.75 Å². The molecule has 0 unspecified atom stereocenters. The topological polar surface area (TPSA) is 68.9 Å². The molecule has 1 aromatic carbocycles. The first-order valence-corrected chi connectivity index (χ1v) is 6.77. The molecule has 7 heteroatoms. The van der Waals surface area contributed by atoms with Gasteiger partial charge in [0.2, 0.25) is 5.15 Å². The Hall–Kier alpha value is -1.66. The lowest BCUT2D eigenvalue weighted by molar-refractivity contribution is -0.388. The lowest BCUT2D eigenvalue weighted by Crippen LogP contribution is -1.97. The zero-order chi connectivity index (χ0) is 13.8. The first kappa shape index (κ1) is 13.8. The highest BCUT2D eigenvalue weighted by Gasteiger charge is 2.21. The van der Waals surface area contributed by atoms with Crippen molar-refractivity contribution in [2.75, 3.05) is 0 Å². The fraction of sp³-hybridized carbons (Fsp3) is 0.167. The Morgan fingerprint density at radius 1 is 1.42 bits per heavy atom. The summed E-state index contributed by atoms with van der Waals surface area (Å²) in [6.07, 6.45) is 1.23. The maximum Gasteiger partial charge on any atom is 0.338 e. The van der Waals surface area contributed by atoms with Gasteiger partial charge in [0, 0.05) is 5.75 Å². The molecule has 2 aromatic rings. The van der Waals surface area contributed by atoms with Gasteiger partial charge in [0.15, 0.2) is 5.03 Å². The maximum absolute atomic E-state index is 10.9. The number of halogens is 1. The van der Waals surface area contributed by atoms with Gasteiger partial charge in [0.25, 0.3) is 0 Å². The van der Waals surface area contributed by atoms with E-state index in [2.05, 4.69) is 9.97 Å². The molecule has 5 nitrogen and oxygen atoms in total. The molecule has 0 aliphatic carbocycles. The Morgan fingerprint density at radius 2 is 2.21 bits per heavy atom. The van der Waals surface area contributed by atoms with E-state index in [1.165, 1.54) is 18.1 Å². The fourth-order valence-electron chi connectivity index (χ4n) is 1.56. The predicted molar refractivity (Wildman–Crippen MR) is 74.4 cm³/mol. The largest absolute Gasteiger partial charge is 0.338 e. The van der Waals surface area contributed by atoms with Gasteiger partial charge in [0.1, 0.15) is 6.33 Å². The molecule has 0 spiro atoms. The summed E-state index contributed by atoms with van der Waals surface area (Å²) in [5, 5.41) is 11.1. The number of aryl methyl sites for hydroxylation is 1. The zero-order valence-corrected chi connectivity index (χ0v) is 11.6. The molecule has 1 heterocycles. The average molecular weight is 296 g/mol. The van der Waals surface area contributed by atoms with Crippen LogP contribution in [0.2, 0.25) is 5.15 Å². The van der Waals surface area contributed by atoms with E-state index in [1.807, 2.05) is 31.2 Å². The average Bonchev–Trinajstić information content (AvgIpc) is 2.36. The Morgan fingerprint density at radius 3 is 2.89 bits per heavy atom. The summed E-state index contributed by atoms with van der Waals surface area (Å²) in [7, 11) is 0. The molecule has 1 aromatic heterocycles. The second-order valence-corrected chi connectivity index (χ2v) is 5.18. The third kappa shape index (κ3) is 3.42. The molecule has 0 N–H and O–H groups in total. The lowest BCUT2D eigenvalue weighted by Gasteiger charge is -2.03. The minimum absolute atomic E-state index is 0.133. The highest BCUT2D eigenvalue weighted by atomic mass is 35.5. The van der Waals surface area contributed by atoms with Crippen molar-refractivity contribution in [2.45, 2.75) is 17.7 Å². The van der Waals surface area contributed by atoms with E-state index in [9.17, 15) is 10.1 Å². The molecule has 0 atom stereocenters. The van der Waals surface area contributed by atoms with Gasteiger partial charge in [-0.1, -0.05) is 53.2 Å². The van der Waals surface area contributed by atoms with Gasteiger partial charge < -0.3 is 0 Å². The molecular weight excluding hydrogens is 286 g/mol. The first-order valence-electron chi connectivity index (χ1n) is 5.41. The van der Waals surface area contributed by atoms with Gasteiger partial charge in [-0.25, -0.2) is 9.97 Å². The fourth-order valence-corrected chi connectivity index (χ4v) is 2.73. The van der Waals surface area contributed by atoms with Crippen LogP contribution >= 0.6 is 23.4 Å². The standard InChI is InChI=1S/C12H10ClN3O2S/c1-8-3-2-4-9(5-8)6-19-12-10(16(17)18)11(13)14-7-15-12/h2-5,7H,6H2,1H3. The number of rotatable bonds is 4. The summed E-state index contributed by atoms with van der Waals surface area (Å²) < 4.78 is 0. The van der Waals surface area contributed by atoms with Crippen molar-refractivity contribution < 1.29 is 4.92 Å². The molecule has 0 radical (unpaired) electrons. The summed E-state index contributed by atoms with van der Waals surface area (Å²) in [6, 6.07) is 7.95. The van der Waals surface area contributed by atoms with Crippen molar-refractivity contribution in [3.8, 4) is 0 Å². The highest BCUT2D eigenvalue weighted by Crippen LogP contribution is 2.33. The third-order valence-electron chi connectivity index (χ3n) is 2.38. The van der Waals surface area contributed by atoms with Gasteiger partial charge in [-0.2, -0.15) is 0 Å². The summed E-state index contributed by atoms with van der Waals surface area (Å²) in [6.45, 7) is 2.00. The van der Waals surface area contributed by atoms with E-state index >= 15 is 0 Å². The van der Waals surface area contributed by atoms with Crippen molar-refractivity contribution >= 4 is 29.1 Å².